The van der Waals surface area contributed by atoms with Gasteiger partial charge in [-0.25, -0.2) is 4.39 Å². The smallest absolute Gasteiger partial charge is 0.141 e. The lowest BCUT2D eigenvalue weighted by Crippen LogP contribution is -1.80. The van der Waals surface area contributed by atoms with Crippen molar-refractivity contribution in [2.75, 3.05) is 0 Å². The van der Waals surface area contributed by atoms with Crippen LogP contribution in [0.4, 0.5) is 4.39 Å². The fourth-order valence-electron chi connectivity index (χ4n) is 0.920. The molecule has 0 heterocycles. The average Bonchev–Trinajstić information content (AvgIpc) is 2.07. The monoisotopic (exact) mass is 198 g/mol. The summed E-state index contributed by atoms with van der Waals surface area (Å²) in [5.74, 6) is 0.118. The number of hydrogen-bond donors (Lipinski definition) is 0. The van der Waals surface area contributed by atoms with Crippen LogP contribution in [-0.2, 0) is 0 Å². The minimum absolute atomic E-state index is 0.172. The topological polar surface area (TPSA) is 0 Å². The Kier molecular flexibility index (Phi) is 3.49. The van der Waals surface area contributed by atoms with Crippen LogP contribution in [0.1, 0.15) is 19.4 Å². The number of hydrogen-bond acceptors (Lipinski definition) is 0. The average molecular weight is 199 g/mol. The molecule has 0 bridgehead atoms. The molecule has 0 atom stereocenters. The second kappa shape index (κ2) is 4.43. The molecule has 0 fully saturated rings. The summed E-state index contributed by atoms with van der Waals surface area (Å²) in [5, 5.41) is 0.172. The summed E-state index contributed by atoms with van der Waals surface area (Å²) in [6, 6.07) is 4.71. The van der Waals surface area contributed by atoms with Gasteiger partial charge in [0.25, 0.3) is 0 Å². The largest absolute Gasteiger partial charge is 0.205 e. The third-order valence-electron chi connectivity index (χ3n) is 1.62. The number of benzene rings is 1. The van der Waals surface area contributed by atoms with E-state index in [2.05, 4.69) is 13.8 Å². The summed E-state index contributed by atoms with van der Waals surface area (Å²) < 4.78 is 12.7. The second-order valence-electron chi connectivity index (χ2n) is 3.28. The molecule has 70 valence electrons. The van der Waals surface area contributed by atoms with E-state index in [0.29, 0.717) is 5.92 Å². The van der Waals surface area contributed by atoms with E-state index in [1.165, 1.54) is 6.07 Å². The van der Waals surface area contributed by atoms with Crippen LogP contribution in [0.25, 0.3) is 6.08 Å². The van der Waals surface area contributed by atoms with Crippen molar-refractivity contribution in [2.24, 2.45) is 5.92 Å². The van der Waals surface area contributed by atoms with E-state index >= 15 is 0 Å². The molecule has 2 heteroatoms. The molecule has 0 aliphatic heterocycles. The predicted molar refractivity (Wildman–Crippen MR) is 55.3 cm³/mol. The summed E-state index contributed by atoms with van der Waals surface area (Å²) in [6.45, 7) is 4.17. The Hall–Kier alpha value is -0.820. The molecule has 13 heavy (non-hydrogen) atoms. The molecule has 0 N–H and O–H groups in total. The highest BCUT2D eigenvalue weighted by Gasteiger charge is 1.97. The van der Waals surface area contributed by atoms with Crippen LogP contribution < -0.4 is 0 Å². The third-order valence-corrected chi connectivity index (χ3v) is 1.91. The zero-order valence-electron chi connectivity index (χ0n) is 7.72. The maximum absolute atomic E-state index is 12.7. The predicted octanol–water partition coefficient (Wildman–Crippen LogP) is 4.15. The first kappa shape index (κ1) is 10.3. The first-order valence-electron chi connectivity index (χ1n) is 4.23. The molecule has 0 nitrogen and oxygen atoms in total. The highest BCUT2D eigenvalue weighted by molar-refractivity contribution is 6.30. The zero-order valence-corrected chi connectivity index (χ0v) is 8.48. The lowest BCUT2D eigenvalue weighted by Gasteiger charge is -1.97. The standard InChI is InChI=1S/C11H12ClF/c1-8(2)3-4-9-5-6-11(13)10(12)7-9/h3-8H,1-2H3/b4-3+. The highest BCUT2D eigenvalue weighted by atomic mass is 35.5. The van der Waals surface area contributed by atoms with Gasteiger partial charge in [-0.1, -0.05) is 43.7 Å². The summed E-state index contributed by atoms with van der Waals surface area (Å²) in [6.07, 6.45) is 3.99. The van der Waals surface area contributed by atoms with Gasteiger partial charge in [0.1, 0.15) is 5.82 Å². The van der Waals surface area contributed by atoms with Crippen LogP contribution in [0, 0.1) is 11.7 Å². The van der Waals surface area contributed by atoms with Crippen LogP contribution >= 0.6 is 11.6 Å². The zero-order chi connectivity index (χ0) is 9.84. The van der Waals surface area contributed by atoms with Gasteiger partial charge in [-0.3, -0.25) is 0 Å². The lowest BCUT2D eigenvalue weighted by molar-refractivity contribution is 0.628. The van der Waals surface area contributed by atoms with Gasteiger partial charge in [0.15, 0.2) is 0 Å². The van der Waals surface area contributed by atoms with Crippen molar-refractivity contribution >= 4 is 17.7 Å². The fraction of sp³-hybridized carbons (Fsp3) is 0.273. The molecule has 0 saturated heterocycles. The number of halogens is 2. The molecular formula is C11H12ClF. The summed E-state index contributed by atoms with van der Waals surface area (Å²) in [5.41, 5.74) is 0.931. The molecule has 0 radical (unpaired) electrons. The van der Waals surface area contributed by atoms with Crippen molar-refractivity contribution < 1.29 is 4.39 Å². The normalized spacial score (nSPS) is 11.5. The lowest BCUT2D eigenvalue weighted by atomic mass is 10.1. The van der Waals surface area contributed by atoms with E-state index in [1.807, 2.05) is 12.2 Å². The molecular weight excluding hydrogens is 187 g/mol. The summed E-state index contributed by atoms with van der Waals surface area (Å²) in [7, 11) is 0. The number of allylic oxidation sites excluding steroid dienone is 1. The first-order valence-corrected chi connectivity index (χ1v) is 4.60. The molecule has 1 rings (SSSR count). The van der Waals surface area contributed by atoms with Gasteiger partial charge in [-0.05, 0) is 23.6 Å². The Morgan fingerprint density at radius 3 is 2.62 bits per heavy atom. The second-order valence-corrected chi connectivity index (χ2v) is 3.68. The van der Waals surface area contributed by atoms with Crippen LogP contribution in [0.2, 0.25) is 5.02 Å². The van der Waals surface area contributed by atoms with Crippen molar-refractivity contribution in [3.8, 4) is 0 Å². The maximum atomic E-state index is 12.7. The molecule has 0 unspecified atom stereocenters. The highest BCUT2D eigenvalue weighted by Crippen LogP contribution is 2.17. The van der Waals surface area contributed by atoms with Crippen LogP contribution in [0.15, 0.2) is 24.3 Å². The Labute approximate surface area is 83.0 Å². The first-order chi connectivity index (χ1) is 6.09. The maximum Gasteiger partial charge on any atom is 0.141 e. The number of rotatable bonds is 2. The Morgan fingerprint density at radius 1 is 1.38 bits per heavy atom. The van der Waals surface area contributed by atoms with E-state index < -0.39 is 0 Å². The molecule has 0 spiro atoms. The quantitative estimate of drug-likeness (QED) is 0.670. The van der Waals surface area contributed by atoms with Gasteiger partial charge in [-0.15, -0.1) is 0 Å². The van der Waals surface area contributed by atoms with E-state index in [1.54, 1.807) is 12.1 Å². The SMILES string of the molecule is CC(C)/C=C/c1ccc(F)c(Cl)c1. The van der Waals surface area contributed by atoms with Gasteiger partial charge in [0.2, 0.25) is 0 Å². The summed E-state index contributed by atoms with van der Waals surface area (Å²) in [4.78, 5) is 0. The van der Waals surface area contributed by atoms with Crippen molar-refractivity contribution in [1.82, 2.24) is 0 Å². The van der Waals surface area contributed by atoms with Crippen LogP contribution in [0.3, 0.4) is 0 Å². The van der Waals surface area contributed by atoms with Crippen molar-refractivity contribution in [2.45, 2.75) is 13.8 Å². The van der Waals surface area contributed by atoms with Gasteiger partial charge in [0, 0.05) is 0 Å². The molecule has 0 aliphatic carbocycles. The minimum Gasteiger partial charge on any atom is -0.205 e. The Morgan fingerprint density at radius 2 is 2.08 bits per heavy atom. The van der Waals surface area contributed by atoms with Gasteiger partial charge >= 0.3 is 0 Å². The Bertz CT molecular complexity index is 316. The molecule has 0 amide bonds. The fourth-order valence-corrected chi connectivity index (χ4v) is 1.11. The molecule has 1 aromatic carbocycles. The molecule has 0 aromatic heterocycles. The summed E-state index contributed by atoms with van der Waals surface area (Å²) >= 11 is 5.62. The van der Waals surface area contributed by atoms with Gasteiger partial charge < -0.3 is 0 Å². The third kappa shape index (κ3) is 3.19. The van der Waals surface area contributed by atoms with Gasteiger partial charge in [-0.2, -0.15) is 0 Å². The Balaban J connectivity index is 2.85. The van der Waals surface area contributed by atoms with E-state index in [4.69, 9.17) is 11.6 Å². The molecule has 0 saturated carbocycles. The van der Waals surface area contributed by atoms with Gasteiger partial charge in [0.05, 0.1) is 5.02 Å². The van der Waals surface area contributed by atoms with E-state index in [0.717, 1.165) is 5.56 Å². The van der Waals surface area contributed by atoms with Crippen molar-refractivity contribution in [3.05, 3.63) is 40.7 Å². The van der Waals surface area contributed by atoms with Crippen LogP contribution in [-0.4, -0.2) is 0 Å². The van der Waals surface area contributed by atoms with Crippen LogP contribution in [0.5, 0.6) is 0 Å². The van der Waals surface area contributed by atoms with Crippen molar-refractivity contribution in [1.29, 1.82) is 0 Å². The molecule has 0 aliphatic rings. The minimum atomic E-state index is -0.372. The van der Waals surface area contributed by atoms with E-state index in [-0.39, 0.29) is 10.8 Å². The molecule has 1 aromatic rings. The van der Waals surface area contributed by atoms with Crippen molar-refractivity contribution in [3.63, 3.8) is 0 Å². The van der Waals surface area contributed by atoms with E-state index in [9.17, 15) is 4.39 Å².